The fraction of sp³-hybridized carbons (Fsp3) is 0.462. The molecule has 210 valence electrons. The smallest absolute Gasteiger partial charge is 0.414 e. The Hall–Kier alpha value is -3.45. The van der Waals surface area contributed by atoms with Gasteiger partial charge in [0.2, 0.25) is 16.0 Å². The van der Waals surface area contributed by atoms with Crippen LogP contribution >= 0.6 is 0 Å². The number of pyridine rings is 1. The molecule has 2 N–H and O–H groups in total. The molecule has 0 aliphatic carbocycles. The van der Waals surface area contributed by atoms with Crippen molar-refractivity contribution in [2.75, 3.05) is 20.1 Å². The summed E-state index contributed by atoms with van der Waals surface area (Å²) >= 11 is 0. The summed E-state index contributed by atoms with van der Waals surface area (Å²) in [6.45, 7) is 6.81. The summed E-state index contributed by atoms with van der Waals surface area (Å²) in [7, 11) is -2.93. The number of rotatable bonds is 4. The molecule has 3 heterocycles. The Morgan fingerprint density at radius 3 is 2.51 bits per heavy atom. The first kappa shape index (κ1) is 28.6. The van der Waals surface area contributed by atoms with Gasteiger partial charge in [0.15, 0.2) is 5.78 Å². The van der Waals surface area contributed by atoms with Crippen molar-refractivity contribution in [3.05, 3.63) is 65.0 Å². The third kappa shape index (κ3) is 5.12. The lowest BCUT2D eigenvalue weighted by Gasteiger charge is -2.49. The Morgan fingerprint density at radius 2 is 1.92 bits per heavy atom. The van der Waals surface area contributed by atoms with Gasteiger partial charge >= 0.3 is 6.09 Å². The predicted octanol–water partition coefficient (Wildman–Crippen LogP) is 2.89. The van der Waals surface area contributed by atoms with Crippen LogP contribution in [0.2, 0.25) is 0 Å². The number of halogens is 2. The Labute approximate surface area is 225 Å². The summed E-state index contributed by atoms with van der Waals surface area (Å²) in [5.74, 6) is -2.06. The Kier molecular flexibility index (Phi) is 7.28. The molecule has 2 aliphatic rings. The number of ether oxygens (including phenoxy) is 1. The van der Waals surface area contributed by atoms with Crippen LogP contribution in [-0.2, 0) is 26.7 Å². The van der Waals surface area contributed by atoms with Gasteiger partial charge < -0.3 is 10.1 Å². The van der Waals surface area contributed by atoms with Crippen molar-refractivity contribution in [1.82, 2.24) is 19.9 Å². The Morgan fingerprint density at radius 1 is 1.21 bits per heavy atom. The van der Waals surface area contributed by atoms with E-state index in [0.29, 0.717) is 12.1 Å². The molecule has 10 nitrogen and oxygen atoms in total. The van der Waals surface area contributed by atoms with E-state index in [0.717, 1.165) is 22.6 Å². The number of ketones is 1. The first-order valence-corrected chi connectivity index (χ1v) is 13.8. The summed E-state index contributed by atoms with van der Waals surface area (Å²) in [5.41, 5.74) is -2.19. The van der Waals surface area contributed by atoms with Crippen molar-refractivity contribution in [1.29, 1.82) is 0 Å². The van der Waals surface area contributed by atoms with E-state index >= 15 is 4.39 Å². The van der Waals surface area contributed by atoms with Crippen molar-refractivity contribution in [3.63, 3.8) is 0 Å². The van der Waals surface area contributed by atoms with Gasteiger partial charge in [-0.15, -0.1) is 0 Å². The van der Waals surface area contributed by atoms with E-state index in [1.807, 2.05) is 0 Å². The third-order valence-corrected chi connectivity index (χ3v) is 9.66. The summed E-state index contributed by atoms with van der Waals surface area (Å²) < 4.78 is 61.3. The molecule has 1 aromatic heterocycles. The number of nitrogens with one attached hydrogen (secondary N) is 2. The lowest BCUT2D eigenvalue weighted by atomic mass is 9.77. The molecule has 4 rings (SSSR count). The number of hydrogen-bond acceptors (Lipinski definition) is 8. The van der Waals surface area contributed by atoms with E-state index < -0.39 is 49.4 Å². The zero-order chi connectivity index (χ0) is 28.8. The molecule has 0 bridgehead atoms. The molecule has 1 saturated heterocycles. The lowest BCUT2D eigenvalue weighted by Crippen LogP contribution is -2.66. The number of aliphatic imine (C=N–C) groups is 1. The van der Waals surface area contributed by atoms with Crippen LogP contribution in [-0.4, -0.2) is 66.0 Å². The first-order valence-electron chi connectivity index (χ1n) is 12.3. The number of benzene rings is 1. The highest BCUT2D eigenvalue weighted by Gasteiger charge is 2.65. The molecule has 2 aliphatic heterocycles. The standard InChI is InChI=1S/C26H31F2N5O5S/c1-24(2,3)38-23(35)31-22-32-25(4,26(10-11-29-15-26)39(36,37)33(22)5)18-12-16(6-8-19(18)28)13-21(34)20-9-7-17(27)14-30-20/h6-9,12,14,29H,10-11,13,15H2,1-5H3,(H,31,32,35)/t25-,26-/m1/s1. The third-order valence-electron chi connectivity index (χ3n) is 7.03. The molecule has 1 spiro atoms. The summed E-state index contributed by atoms with van der Waals surface area (Å²) in [6.07, 6.45) is -0.0511. The highest BCUT2D eigenvalue weighted by atomic mass is 32.2. The zero-order valence-electron chi connectivity index (χ0n) is 22.3. The Bertz CT molecular complexity index is 1430. The number of hydrogen-bond donors (Lipinski definition) is 2. The zero-order valence-corrected chi connectivity index (χ0v) is 23.2. The first-order chi connectivity index (χ1) is 18.1. The second-order valence-electron chi connectivity index (χ2n) is 10.8. The van der Waals surface area contributed by atoms with Crippen LogP contribution in [0.1, 0.15) is 55.7 Å². The molecule has 1 fully saturated rings. The highest BCUT2D eigenvalue weighted by Crippen LogP contribution is 2.50. The van der Waals surface area contributed by atoms with Crippen molar-refractivity contribution in [2.24, 2.45) is 4.99 Å². The summed E-state index contributed by atoms with van der Waals surface area (Å²) in [6, 6.07) is 6.35. The fourth-order valence-electron chi connectivity index (χ4n) is 5.00. The topological polar surface area (TPSA) is 130 Å². The maximum atomic E-state index is 15.6. The predicted molar refractivity (Wildman–Crippen MR) is 140 cm³/mol. The quantitative estimate of drug-likeness (QED) is 0.547. The molecule has 2 atom stereocenters. The van der Waals surface area contributed by atoms with Gasteiger partial charge in [-0.25, -0.2) is 31.3 Å². The highest BCUT2D eigenvalue weighted by molar-refractivity contribution is 7.91. The van der Waals surface area contributed by atoms with E-state index in [2.05, 4.69) is 20.6 Å². The van der Waals surface area contributed by atoms with Gasteiger partial charge in [0.05, 0.1) is 6.20 Å². The van der Waals surface area contributed by atoms with Gasteiger partial charge in [-0.2, -0.15) is 0 Å². The molecule has 0 radical (unpaired) electrons. The largest absolute Gasteiger partial charge is 0.444 e. The number of amides is 1. The molecule has 1 aromatic carbocycles. The number of Topliss-reactive ketones (excluding diaryl/α,β-unsaturated/α-hetero) is 1. The van der Waals surface area contributed by atoms with Gasteiger partial charge in [0.1, 0.15) is 33.2 Å². The normalized spacial score (nSPS) is 24.4. The molecule has 0 saturated carbocycles. The number of aromatic nitrogens is 1. The molecule has 0 unspecified atom stereocenters. The molecule has 39 heavy (non-hydrogen) atoms. The molecular formula is C26H31F2N5O5S. The number of nitrogens with zero attached hydrogens (tertiary/aromatic N) is 3. The van der Waals surface area contributed by atoms with Crippen molar-refractivity contribution < 1.29 is 31.5 Å². The summed E-state index contributed by atoms with van der Waals surface area (Å²) in [4.78, 5) is 33.8. The van der Waals surface area contributed by atoms with Crippen LogP contribution < -0.4 is 10.6 Å². The number of guanidine groups is 1. The van der Waals surface area contributed by atoms with Crippen LogP contribution in [0, 0.1) is 11.6 Å². The van der Waals surface area contributed by atoms with Crippen LogP contribution in [0.15, 0.2) is 41.5 Å². The second-order valence-corrected chi connectivity index (χ2v) is 13.1. The maximum absolute atomic E-state index is 15.6. The average Bonchev–Trinajstić information content (AvgIpc) is 3.35. The van der Waals surface area contributed by atoms with Gasteiger partial charge in [0.25, 0.3) is 0 Å². The van der Waals surface area contributed by atoms with E-state index in [-0.39, 0.29) is 36.6 Å². The Balaban J connectivity index is 1.81. The van der Waals surface area contributed by atoms with Crippen LogP contribution in [0.25, 0.3) is 0 Å². The monoisotopic (exact) mass is 563 g/mol. The minimum Gasteiger partial charge on any atom is -0.444 e. The molecule has 13 heteroatoms. The van der Waals surface area contributed by atoms with Crippen LogP contribution in [0.3, 0.4) is 0 Å². The maximum Gasteiger partial charge on any atom is 0.414 e. The minimum absolute atomic E-state index is 0.0124. The average molecular weight is 564 g/mol. The van der Waals surface area contributed by atoms with Gasteiger partial charge in [-0.1, -0.05) is 6.07 Å². The second kappa shape index (κ2) is 9.94. The summed E-state index contributed by atoms with van der Waals surface area (Å²) in [5, 5.41) is 5.46. The van der Waals surface area contributed by atoms with Gasteiger partial charge in [-0.05, 0) is 70.5 Å². The number of sulfonamides is 1. The molecule has 1 amide bonds. The minimum atomic E-state index is -4.20. The van der Waals surface area contributed by atoms with E-state index in [9.17, 15) is 22.4 Å². The van der Waals surface area contributed by atoms with E-state index in [1.54, 1.807) is 20.8 Å². The van der Waals surface area contributed by atoms with Crippen LogP contribution in [0.4, 0.5) is 13.6 Å². The van der Waals surface area contributed by atoms with Gasteiger partial charge in [0, 0.05) is 25.6 Å². The van der Waals surface area contributed by atoms with Crippen molar-refractivity contribution >= 4 is 27.9 Å². The van der Waals surface area contributed by atoms with Crippen molar-refractivity contribution in [3.8, 4) is 0 Å². The van der Waals surface area contributed by atoms with Crippen LogP contribution in [0.5, 0.6) is 0 Å². The fourth-order valence-corrected chi connectivity index (χ4v) is 7.14. The number of alkyl carbamates (subject to hydrolysis) is 1. The molecule has 2 aromatic rings. The molecular weight excluding hydrogens is 532 g/mol. The van der Waals surface area contributed by atoms with Gasteiger partial charge in [-0.3, -0.25) is 15.1 Å². The lowest BCUT2D eigenvalue weighted by molar-refractivity contribution is 0.0558. The number of carbonyl (C=O) groups excluding carboxylic acids is 2. The van der Waals surface area contributed by atoms with E-state index in [4.69, 9.17) is 4.74 Å². The number of carbonyl (C=O) groups is 2. The van der Waals surface area contributed by atoms with Crippen molar-refractivity contribution in [2.45, 2.75) is 56.4 Å². The SMILES string of the molecule is CN1C(NC(=O)OC(C)(C)C)=N[C@](C)(c2cc(CC(=O)c3ccc(F)cn3)ccc2F)[C@]2(CCNC2)S1(=O)=O. The van der Waals surface area contributed by atoms with E-state index in [1.165, 1.54) is 32.2 Å².